The van der Waals surface area contributed by atoms with Crippen molar-refractivity contribution in [2.75, 3.05) is 19.7 Å². The fraction of sp³-hybridized carbons (Fsp3) is 0.250. The van der Waals surface area contributed by atoms with Crippen molar-refractivity contribution >= 4 is 5.91 Å². The van der Waals surface area contributed by atoms with Crippen molar-refractivity contribution < 1.29 is 13.9 Å². The molecule has 6 heteroatoms. The molecule has 0 bridgehead atoms. The van der Waals surface area contributed by atoms with Crippen molar-refractivity contribution in [3.8, 4) is 28.7 Å². The molecule has 6 nitrogen and oxygen atoms in total. The monoisotopic (exact) mass is 349 g/mol. The molecule has 4 rings (SSSR count). The Bertz CT molecular complexity index is 886. The Morgan fingerprint density at radius 3 is 2.46 bits per heavy atom. The van der Waals surface area contributed by atoms with Crippen molar-refractivity contribution in [3.63, 3.8) is 0 Å². The molecule has 1 amide bonds. The molecule has 1 saturated heterocycles. The van der Waals surface area contributed by atoms with Crippen LogP contribution in [0.3, 0.4) is 0 Å². The van der Waals surface area contributed by atoms with Gasteiger partial charge < -0.3 is 14.1 Å². The van der Waals surface area contributed by atoms with E-state index in [-0.39, 0.29) is 12.5 Å². The minimum absolute atomic E-state index is 0.00723. The number of likely N-dealkylation sites (tertiary alicyclic amines) is 1. The van der Waals surface area contributed by atoms with Crippen LogP contribution in [0.25, 0.3) is 22.9 Å². The number of nitrogens with zero attached hydrogens (tertiary/aromatic N) is 3. The lowest BCUT2D eigenvalue weighted by Gasteiger charge is -2.16. The molecule has 0 spiro atoms. The Labute approximate surface area is 151 Å². The lowest BCUT2D eigenvalue weighted by molar-refractivity contribution is -0.132. The molecule has 0 radical (unpaired) electrons. The first kappa shape index (κ1) is 16.3. The number of benzene rings is 2. The number of hydrogen-bond acceptors (Lipinski definition) is 5. The molecule has 0 aliphatic carbocycles. The summed E-state index contributed by atoms with van der Waals surface area (Å²) in [5.41, 5.74) is 1.53. The molecule has 1 aromatic heterocycles. The highest BCUT2D eigenvalue weighted by atomic mass is 16.5. The van der Waals surface area contributed by atoms with E-state index in [9.17, 15) is 4.79 Å². The van der Waals surface area contributed by atoms with E-state index in [1.807, 2.05) is 53.4 Å². The molecule has 0 atom stereocenters. The van der Waals surface area contributed by atoms with Gasteiger partial charge in [0, 0.05) is 18.7 Å². The minimum Gasteiger partial charge on any atom is -0.483 e. The quantitative estimate of drug-likeness (QED) is 0.706. The average Bonchev–Trinajstić information content (AvgIpc) is 3.39. The van der Waals surface area contributed by atoms with E-state index in [2.05, 4.69) is 10.2 Å². The summed E-state index contributed by atoms with van der Waals surface area (Å²) < 4.78 is 11.6. The van der Waals surface area contributed by atoms with Gasteiger partial charge in [-0.25, -0.2) is 0 Å². The van der Waals surface area contributed by atoms with Crippen LogP contribution in [-0.2, 0) is 4.79 Å². The van der Waals surface area contributed by atoms with Gasteiger partial charge in [-0.3, -0.25) is 4.79 Å². The normalized spacial score (nSPS) is 13.8. The molecule has 0 saturated carbocycles. The summed E-state index contributed by atoms with van der Waals surface area (Å²) in [6.07, 6.45) is 2.12. The van der Waals surface area contributed by atoms with Crippen molar-refractivity contribution in [3.05, 3.63) is 54.6 Å². The number of carbonyl (C=O) groups is 1. The van der Waals surface area contributed by atoms with Crippen LogP contribution in [0.2, 0.25) is 0 Å². The highest BCUT2D eigenvalue weighted by molar-refractivity contribution is 5.78. The Kier molecular flexibility index (Phi) is 4.64. The molecular weight excluding hydrogens is 330 g/mol. The van der Waals surface area contributed by atoms with Crippen molar-refractivity contribution in [2.24, 2.45) is 0 Å². The predicted octanol–water partition coefficient (Wildman–Crippen LogP) is 3.40. The van der Waals surface area contributed by atoms with Gasteiger partial charge in [0.15, 0.2) is 6.61 Å². The van der Waals surface area contributed by atoms with E-state index in [0.29, 0.717) is 23.1 Å². The van der Waals surface area contributed by atoms with Gasteiger partial charge in [0.2, 0.25) is 5.89 Å². The molecule has 132 valence electrons. The smallest absolute Gasteiger partial charge is 0.260 e. The maximum Gasteiger partial charge on any atom is 0.260 e. The maximum atomic E-state index is 12.2. The van der Waals surface area contributed by atoms with Crippen LogP contribution in [-0.4, -0.2) is 40.7 Å². The number of ether oxygens (including phenoxy) is 1. The van der Waals surface area contributed by atoms with E-state index < -0.39 is 0 Å². The summed E-state index contributed by atoms with van der Waals surface area (Å²) >= 11 is 0. The third kappa shape index (κ3) is 3.44. The van der Waals surface area contributed by atoms with Gasteiger partial charge in [-0.1, -0.05) is 30.3 Å². The third-order valence-electron chi connectivity index (χ3n) is 4.37. The number of aromatic nitrogens is 2. The standard InChI is InChI=1S/C20H19N3O3/c24-18(23-12-6-7-13-23)14-25-17-11-5-4-10-16(17)20-22-21-19(26-20)15-8-2-1-3-9-15/h1-5,8-11H,6-7,12-14H2. The number of amides is 1. The van der Waals surface area contributed by atoms with E-state index in [1.54, 1.807) is 6.07 Å². The SMILES string of the molecule is O=C(COc1ccccc1-c1nnc(-c2ccccc2)o1)N1CCCC1. The number of hydrogen-bond donors (Lipinski definition) is 0. The molecule has 0 N–H and O–H groups in total. The van der Waals surface area contributed by atoms with Crippen molar-refractivity contribution in [1.82, 2.24) is 15.1 Å². The largest absolute Gasteiger partial charge is 0.483 e. The fourth-order valence-electron chi connectivity index (χ4n) is 3.00. The van der Waals surface area contributed by atoms with E-state index in [0.717, 1.165) is 31.5 Å². The first-order valence-electron chi connectivity index (χ1n) is 8.70. The summed E-state index contributed by atoms with van der Waals surface area (Å²) in [7, 11) is 0. The van der Waals surface area contributed by atoms with Crippen LogP contribution in [0.4, 0.5) is 0 Å². The molecule has 1 fully saturated rings. The Morgan fingerprint density at radius 2 is 1.65 bits per heavy atom. The van der Waals surface area contributed by atoms with Gasteiger partial charge in [-0.2, -0.15) is 0 Å². The highest BCUT2D eigenvalue weighted by Gasteiger charge is 2.20. The fourth-order valence-corrected chi connectivity index (χ4v) is 3.00. The van der Waals surface area contributed by atoms with Gasteiger partial charge in [-0.05, 0) is 37.1 Å². The highest BCUT2D eigenvalue weighted by Crippen LogP contribution is 2.31. The second kappa shape index (κ2) is 7.39. The van der Waals surface area contributed by atoms with E-state index >= 15 is 0 Å². The molecule has 2 heterocycles. The summed E-state index contributed by atoms with van der Waals surface area (Å²) in [5.74, 6) is 1.38. The number of para-hydroxylation sites is 1. The zero-order valence-electron chi connectivity index (χ0n) is 14.3. The van der Waals surface area contributed by atoms with Crippen LogP contribution in [0, 0.1) is 0 Å². The molecule has 26 heavy (non-hydrogen) atoms. The third-order valence-corrected chi connectivity index (χ3v) is 4.37. The van der Waals surface area contributed by atoms with E-state index in [1.165, 1.54) is 0 Å². The van der Waals surface area contributed by atoms with Gasteiger partial charge in [0.25, 0.3) is 11.8 Å². The molecule has 2 aromatic carbocycles. The zero-order chi connectivity index (χ0) is 17.8. The zero-order valence-corrected chi connectivity index (χ0v) is 14.3. The van der Waals surface area contributed by atoms with Crippen LogP contribution in [0.1, 0.15) is 12.8 Å². The molecule has 1 aliphatic rings. The number of carbonyl (C=O) groups excluding carboxylic acids is 1. The van der Waals surface area contributed by atoms with Crippen molar-refractivity contribution in [1.29, 1.82) is 0 Å². The first-order valence-corrected chi connectivity index (χ1v) is 8.70. The summed E-state index contributed by atoms with van der Waals surface area (Å²) in [6, 6.07) is 17.0. The number of rotatable bonds is 5. The second-order valence-corrected chi connectivity index (χ2v) is 6.15. The molecular formula is C20H19N3O3. The Balaban J connectivity index is 1.52. The maximum absolute atomic E-state index is 12.2. The topological polar surface area (TPSA) is 68.5 Å². The molecule has 0 unspecified atom stereocenters. The minimum atomic E-state index is 0.00723. The summed E-state index contributed by atoms with van der Waals surface area (Å²) in [6.45, 7) is 1.64. The second-order valence-electron chi connectivity index (χ2n) is 6.15. The average molecular weight is 349 g/mol. The predicted molar refractivity (Wildman–Crippen MR) is 96.5 cm³/mol. The molecule has 3 aromatic rings. The summed E-state index contributed by atoms with van der Waals surface area (Å²) in [5, 5.41) is 8.25. The van der Waals surface area contributed by atoms with Crippen molar-refractivity contribution in [2.45, 2.75) is 12.8 Å². The lowest BCUT2D eigenvalue weighted by atomic mass is 10.2. The van der Waals surface area contributed by atoms with Crippen LogP contribution in [0.5, 0.6) is 5.75 Å². The van der Waals surface area contributed by atoms with Gasteiger partial charge in [0.1, 0.15) is 5.75 Å². The molecule has 1 aliphatic heterocycles. The summed E-state index contributed by atoms with van der Waals surface area (Å²) in [4.78, 5) is 14.0. The Hall–Kier alpha value is -3.15. The lowest BCUT2D eigenvalue weighted by Crippen LogP contribution is -2.32. The van der Waals surface area contributed by atoms with E-state index in [4.69, 9.17) is 9.15 Å². The van der Waals surface area contributed by atoms with Crippen LogP contribution >= 0.6 is 0 Å². The van der Waals surface area contributed by atoms with Gasteiger partial charge in [0.05, 0.1) is 5.56 Å². The van der Waals surface area contributed by atoms with Gasteiger partial charge >= 0.3 is 0 Å². The Morgan fingerprint density at radius 1 is 0.962 bits per heavy atom. The van der Waals surface area contributed by atoms with Crippen LogP contribution in [0.15, 0.2) is 59.0 Å². The van der Waals surface area contributed by atoms with Crippen LogP contribution < -0.4 is 4.74 Å². The first-order chi connectivity index (χ1) is 12.8. The van der Waals surface area contributed by atoms with Gasteiger partial charge in [-0.15, -0.1) is 10.2 Å².